The third-order valence-electron chi connectivity index (χ3n) is 9.69. The molecule has 0 aliphatic rings. The molecule has 2 aromatic carbocycles. The molecule has 2 heterocycles. The number of methoxy groups -OCH3 is 2. The first-order valence-corrected chi connectivity index (χ1v) is 19.2. The third kappa shape index (κ3) is 11.1. The highest BCUT2D eigenvalue weighted by Gasteiger charge is 2.33. The van der Waals surface area contributed by atoms with Gasteiger partial charge in [0.25, 0.3) is 0 Å². The fourth-order valence-corrected chi connectivity index (χ4v) is 6.54. The zero-order valence-corrected chi connectivity index (χ0v) is 33.7. The van der Waals surface area contributed by atoms with Crippen LogP contribution in [0.2, 0.25) is 0 Å². The molecule has 4 aromatic rings. The fourth-order valence-electron chi connectivity index (χ4n) is 6.54. The molecule has 0 spiro atoms. The van der Waals surface area contributed by atoms with Crippen LogP contribution in [0.15, 0.2) is 48.7 Å². The van der Waals surface area contributed by atoms with E-state index in [0.717, 1.165) is 53.5 Å². The maximum absolute atomic E-state index is 13.7. The Hall–Kier alpha value is -5.40. The lowest BCUT2D eigenvalue weighted by molar-refractivity contribution is -0.137. The highest BCUT2D eigenvalue weighted by molar-refractivity contribution is 5.87. The number of aryl methyl sites for hydroxylation is 2. The topological polar surface area (TPSA) is 175 Å². The minimum absolute atomic E-state index is 0.109. The van der Waals surface area contributed by atoms with Crippen LogP contribution in [0.5, 0.6) is 0 Å². The van der Waals surface area contributed by atoms with Gasteiger partial charge in [-0.15, -0.1) is 0 Å². The summed E-state index contributed by atoms with van der Waals surface area (Å²) in [4.78, 5) is 70.7. The van der Waals surface area contributed by atoms with Crippen molar-refractivity contribution in [2.75, 3.05) is 27.3 Å². The summed E-state index contributed by atoms with van der Waals surface area (Å²) in [5, 5.41) is 5.37. The summed E-state index contributed by atoms with van der Waals surface area (Å²) in [5.74, 6) is 0.780. The number of hydrogen-bond acceptors (Lipinski definition) is 8. The highest BCUT2D eigenvalue weighted by atomic mass is 16.5. The highest BCUT2D eigenvalue weighted by Crippen LogP contribution is 2.28. The summed E-state index contributed by atoms with van der Waals surface area (Å²) in [7, 11) is 2.57. The number of nitrogens with zero attached hydrogens (tertiary/aromatic N) is 4. The van der Waals surface area contributed by atoms with Crippen molar-refractivity contribution >= 4 is 35.0 Å². The normalized spacial score (nSPS) is 13.0. The number of amides is 4. The van der Waals surface area contributed by atoms with E-state index < -0.39 is 24.3 Å². The van der Waals surface area contributed by atoms with Crippen LogP contribution in [0.25, 0.3) is 22.2 Å². The molecule has 14 heteroatoms. The van der Waals surface area contributed by atoms with E-state index in [1.165, 1.54) is 19.8 Å². The van der Waals surface area contributed by atoms with Crippen LogP contribution in [0, 0.1) is 11.8 Å². The van der Waals surface area contributed by atoms with E-state index in [4.69, 9.17) is 14.5 Å². The molecule has 0 aliphatic heterocycles. The molecule has 0 bridgehead atoms. The van der Waals surface area contributed by atoms with Gasteiger partial charge in [-0.05, 0) is 73.3 Å². The number of hydrogen-bond donors (Lipinski definition) is 4. The molecule has 55 heavy (non-hydrogen) atoms. The molecular weight excluding hydrogens is 701 g/mol. The number of alkyl carbamates (subject to hydrolysis) is 2. The number of benzene rings is 2. The first kappa shape index (κ1) is 42.3. The van der Waals surface area contributed by atoms with Crippen molar-refractivity contribution in [3.05, 3.63) is 71.6 Å². The van der Waals surface area contributed by atoms with Gasteiger partial charge in [-0.25, -0.2) is 19.6 Å². The van der Waals surface area contributed by atoms with E-state index in [1.54, 1.807) is 9.80 Å². The summed E-state index contributed by atoms with van der Waals surface area (Å²) in [6.45, 7) is 14.9. The molecule has 4 rings (SSSR count). The van der Waals surface area contributed by atoms with E-state index >= 15 is 0 Å². The van der Waals surface area contributed by atoms with Crippen molar-refractivity contribution in [1.82, 2.24) is 40.4 Å². The third-order valence-corrected chi connectivity index (χ3v) is 9.69. The number of imidazole rings is 2. The molecule has 0 saturated heterocycles. The predicted octanol–water partition coefficient (Wildman–Crippen LogP) is 6.54. The Morgan fingerprint density at radius 2 is 1.36 bits per heavy atom. The van der Waals surface area contributed by atoms with Crippen molar-refractivity contribution in [2.24, 2.45) is 11.8 Å². The van der Waals surface area contributed by atoms with Crippen LogP contribution in [0.1, 0.15) is 90.3 Å². The average molecular weight is 759 g/mol. The standard InChI is InChI=1S/C41H58N8O6/c1-10-20-48(38(50)35(25(3)4)46-40(52)54-8)24-34-42-23-31(43-34)18-14-28-12-15-29(16-13-28)30-17-19-32-33(22-30)45-37(44-32)27(7)49(21-11-2)39(51)36(26(5)6)47-41(53)55-9/h12-13,15-17,19,22-23,25-27,35-36H,10-11,14,18,20-21,24H2,1-9H3,(H,42,43)(H,44,45)(H,46,52)(H,47,53)/t27?,35-,36-/m0/s1. The van der Waals surface area contributed by atoms with E-state index in [-0.39, 0.29) is 29.7 Å². The lowest BCUT2D eigenvalue weighted by Crippen LogP contribution is -2.52. The van der Waals surface area contributed by atoms with E-state index in [2.05, 4.69) is 55.9 Å². The van der Waals surface area contributed by atoms with Crippen molar-refractivity contribution in [1.29, 1.82) is 0 Å². The van der Waals surface area contributed by atoms with Gasteiger partial charge in [-0.1, -0.05) is 71.9 Å². The molecule has 1 unspecified atom stereocenters. The fraction of sp³-hybridized carbons (Fsp3) is 0.512. The number of carbonyl (C=O) groups excluding carboxylic acids is 4. The van der Waals surface area contributed by atoms with Crippen LogP contribution in [-0.4, -0.2) is 93.1 Å². The largest absolute Gasteiger partial charge is 0.453 e. The minimum Gasteiger partial charge on any atom is -0.453 e. The number of ether oxygens (including phenoxy) is 2. The molecule has 3 atom stereocenters. The number of fused-ring (bicyclic) bond motifs is 1. The SMILES string of the molecule is CCCN(Cc1ncc(CCc2ccc(-c3ccc4nc(C(C)N(CCC)C(=O)[C@@H](NC(=O)OC)C(C)C)[nH]c4c3)cc2)[nH]1)C(=O)[C@@H](NC(=O)OC)C(C)C. The van der Waals surface area contributed by atoms with Crippen molar-refractivity contribution in [3.63, 3.8) is 0 Å². The Balaban J connectivity index is 1.41. The van der Waals surface area contributed by atoms with Crippen LogP contribution < -0.4 is 10.6 Å². The Morgan fingerprint density at radius 3 is 1.95 bits per heavy atom. The maximum atomic E-state index is 13.7. The first-order chi connectivity index (χ1) is 26.3. The Kier molecular flexibility index (Phi) is 15.2. The van der Waals surface area contributed by atoms with Crippen LogP contribution >= 0.6 is 0 Å². The van der Waals surface area contributed by atoms with Gasteiger partial charge >= 0.3 is 12.2 Å². The molecule has 4 amide bonds. The molecule has 0 radical (unpaired) electrons. The zero-order valence-electron chi connectivity index (χ0n) is 33.7. The predicted molar refractivity (Wildman–Crippen MR) is 212 cm³/mol. The van der Waals surface area contributed by atoms with Gasteiger partial charge < -0.3 is 39.9 Å². The second-order valence-corrected chi connectivity index (χ2v) is 14.6. The van der Waals surface area contributed by atoms with Gasteiger partial charge in [0.1, 0.15) is 23.7 Å². The molecule has 0 saturated carbocycles. The van der Waals surface area contributed by atoms with Crippen molar-refractivity contribution in [3.8, 4) is 11.1 Å². The number of rotatable bonds is 18. The minimum atomic E-state index is -0.724. The number of H-pyrrole nitrogens is 2. The number of nitrogens with one attached hydrogen (secondary N) is 4. The van der Waals surface area contributed by atoms with Gasteiger partial charge in [0.05, 0.1) is 37.8 Å². The maximum Gasteiger partial charge on any atom is 0.407 e. The Labute approximate surface area is 324 Å². The van der Waals surface area contributed by atoms with Crippen molar-refractivity contribution in [2.45, 2.75) is 98.8 Å². The molecule has 4 N–H and O–H groups in total. The van der Waals surface area contributed by atoms with Crippen LogP contribution in [-0.2, 0) is 38.4 Å². The second-order valence-electron chi connectivity index (χ2n) is 14.6. The lowest BCUT2D eigenvalue weighted by atomic mass is 10.0. The van der Waals surface area contributed by atoms with E-state index in [0.29, 0.717) is 31.3 Å². The average Bonchev–Trinajstić information content (AvgIpc) is 3.82. The number of carbonyl (C=O) groups is 4. The second kappa shape index (κ2) is 19.8. The number of aromatic nitrogens is 4. The molecule has 0 aliphatic carbocycles. The first-order valence-electron chi connectivity index (χ1n) is 19.2. The monoisotopic (exact) mass is 758 g/mol. The number of aromatic amines is 2. The van der Waals surface area contributed by atoms with Crippen molar-refractivity contribution < 1.29 is 28.7 Å². The summed E-state index contributed by atoms with van der Waals surface area (Å²) in [6, 6.07) is 12.8. The molecule has 2 aromatic heterocycles. The van der Waals surface area contributed by atoms with Gasteiger partial charge in [0.2, 0.25) is 11.8 Å². The smallest absolute Gasteiger partial charge is 0.407 e. The van der Waals surface area contributed by atoms with Gasteiger partial charge in [-0.3, -0.25) is 9.59 Å². The molecule has 14 nitrogen and oxygen atoms in total. The quantitative estimate of drug-likeness (QED) is 0.0885. The molecule has 0 fully saturated rings. The van der Waals surface area contributed by atoms with Crippen LogP contribution in [0.4, 0.5) is 9.59 Å². The molecule has 298 valence electrons. The molecular formula is C41H58N8O6. The van der Waals surface area contributed by atoms with Gasteiger partial charge in [-0.2, -0.15) is 0 Å². The summed E-state index contributed by atoms with van der Waals surface area (Å²) < 4.78 is 9.50. The zero-order chi connectivity index (χ0) is 40.2. The van der Waals surface area contributed by atoms with E-state index in [9.17, 15) is 19.2 Å². The van der Waals surface area contributed by atoms with E-state index in [1.807, 2.05) is 66.8 Å². The van der Waals surface area contributed by atoms with Gasteiger partial charge in [0, 0.05) is 25.0 Å². The summed E-state index contributed by atoms with van der Waals surface area (Å²) in [5.41, 5.74) is 5.93. The van der Waals surface area contributed by atoms with Crippen LogP contribution in [0.3, 0.4) is 0 Å². The Bertz CT molecular complexity index is 1880. The Morgan fingerprint density at radius 1 is 0.764 bits per heavy atom. The summed E-state index contributed by atoms with van der Waals surface area (Å²) in [6.07, 6.45) is 3.63. The lowest BCUT2D eigenvalue weighted by Gasteiger charge is -2.32. The van der Waals surface area contributed by atoms with Gasteiger partial charge in [0.15, 0.2) is 0 Å². The summed E-state index contributed by atoms with van der Waals surface area (Å²) >= 11 is 0.